The first-order chi connectivity index (χ1) is 5.70. The van der Waals surface area contributed by atoms with E-state index >= 15 is 0 Å². The Morgan fingerprint density at radius 1 is 1.42 bits per heavy atom. The highest BCUT2D eigenvalue weighted by Crippen LogP contribution is 2.24. The number of halogens is 2. The van der Waals surface area contributed by atoms with Crippen molar-refractivity contribution < 1.29 is 13.9 Å². The minimum atomic E-state index is -2.29. The van der Waals surface area contributed by atoms with E-state index in [4.69, 9.17) is 0 Å². The maximum atomic E-state index is 11.7. The topological polar surface area (TPSA) is 32.3 Å². The Kier molecular flexibility index (Phi) is 3.88. The van der Waals surface area contributed by atoms with Crippen LogP contribution in [0.15, 0.2) is 0 Å². The van der Waals surface area contributed by atoms with E-state index in [-0.39, 0.29) is 18.6 Å². The van der Waals surface area contributed by atoms with Gasteiger partial charge >= 0.3 is 0 Å². The van der Waals surface area contributed by atoms with Gasteiger partial charge in [0.25, 0.3) is 6.43 Å². The molecule has 0 heterocycles. The third kappa shape index (κ3) is 3.03. The molecule has 2 atom stereocenters. The number of aliphatic hydroxyl groups is 1. The number of rotatable bonds is 4. The summed E-state index contributed by atoms with van der Waals surface area (Å²) in [6, 6.07) is 0. The number of hydrogen-bond acceptors (Lipinski definition) is 2. The van der Waals surface area contributed by atoms with Gasteiger partial charge in [-0.1, -0.05) is 6.42 Å². The van der Waals surface area contributed by atoms with Gasteiger partial charge in [-0.2, -0.15) is 0 Å². The standard InChI is InChI=1S/C8H15F2NO/c9-8(10)5-11-4-6-2-1-3-7(6)12/h6-8,11-12H,1-5H2. The van der Waals surface area contributed by atoms with Crippen molar-refractivity contribution >= 4 is 0 Å². The summed E-state index contributed by atoms with van der Waals surface area (Å²) < 4.78 is 23.4. The monoisotopic (exact) mass is 179 g/mol. The highest BCUT2D eigenvalue weighted by atomic mass is 19.3. The molecule has 72 valence electrons. The van der Waals surface area contributed by atoms with Gasteiger partial charge in [0.1, 0.15) is 0 Å². The maximum Gasteiger partial charge on any atom is 0.250 e. The van der Waals surface area contributed by atoms with Crippen LogP contribution in [0.4, 0.5) is 8.78 Å². The zero-order valence-electron chi connectivity index (χ0n) is 6.97. The van der Waals surface area contributed by atoms with Crippen LogP contribution in [-0.4, -0.2) is 30.7 Å². The normalized spacial score (nSPS) is 30.0. The molecule has 0 radical (unpaired) electrons. The number of aliphatic hydroxyl groups excluding tert-OH is 1. The fourth-order valence-corrected chi connectivity index (χ4v) is 1.63. The van der Waals surface area contributed by atoms with Gasteiger partial charge in [0, 0.05) is 6.54 Å². The van der Waals surface area contributed by atoms with Crippen LogP contribution in [0, 0.1) is 5.92 Å². The summed E-state index contributed by atoms with van der Waals surface area (Å²) in [6.45, 7) is 0.259. The lowest BCUT2D eigenvalue weighted by molar-refractivity contribution is 0.117. The Hall–Kier alpha value is -0.220. The molecule has 1 saturated carbocycles. The average Bonchev–Trinajstić information content (AvgIpc) is 2.36. The predicted molar refractivity (Wildman–Crippen MR) is 42.2 cm³/mol. The van der Waals surface area contributed by atoms with Crippen LogP contribution in [0.2, 0.25) is 0 Å². The average molecular weight is 179 g/mol. The van der Waals surface area contributed by atoms with Gasteiger partial charge in [-0.3, -0.25) is 0 Å². The molecular formula is C8H15F2NO. The molecule has 4 heteroatoms. The molecule has 0 aromatic carbocycles. The molecule has 0 aromatic rings. The Morgan fingerprint density at radius 2 is 2.17 bits per heavy atom. The second kappa shape index (κ2) is 4.72. The minimum absolute atomic E-state index is 0.184. The van der Waals surface area contributed by atoms with Gasteiger partial charge in [-0.05, 0) is 18.8 Å². The van der Waals surface area contributed by atoms with E-state index in [1.165, 1.54) is 0 Å². The highest BCUT2D eigenvalue weighted by Gasteiger charge is 2.24. The summed E-state index contributed by atoms with van der Waals surface area (Å²) >= 11 is 0. The van der Waals surface area contributed by atoms with Gasteiger partial charge in [-0.15, -0.1) is 0 Å². The third-order valence-electron chi connectivity index (χ3n) is 2.32. The molecule has 1 fully saturated rings. The van der Waals surface area contributed by atoms with Crippen LogP contribution in [0.25, 0.3) is 0 Å². The van der Waals surface area contributed by atoms with Crippen LogP contribution in [0.1, 0.15) is 19.3 Å². The summed E-state index contributed by atoms with van der Waals surface area (Å²) in [5.74, 6) is 0.184. The van der Waals surface area contributed by atoms with Crippen molar-refractivity contribution in [3.05, 3.63) is 0 Å². The predicted octanol–water partition coefficient (Wildman–Crippen LogP) is 1.00. The van der Waals surface area contributed by atoms with Gasteiger partial charge < -0.3 is 10.4 Å². The smallest absolute Gasteiger partial charge is 0.250 e. The molecule has 2 unspecified atom stereocenters. The maximum absolute atomic E-state index is 11.7. The Morgan fingerprint density at radius 3 is 2.67 bits per heavy atom. The van der Waals surface area contributed by atoms with Crippen molar-refractivity contribution in [3.8, 4) is 0 Å². The highest BCUT2D eigenvalue weighted by molar-refractivity contribution is 4.78. The molecule has 0 saturated heterocycles. The molecule has 1 aliphatic rings. The fourth-order valence-electron chi connectivity index (χ4n) is 1.63. The summed E-state index contributed by atoms with van der Waals surface area (Å²) in [5.41, 5.74) is 0. The van der Waals surface area contributed by atoms with Crippen LogP contribution >= 0.6 is 0 Å². The molecule has 0 aliphatic heterocycles. The van der Waals surface area contributed by atoms with Gasteiger partial charge in [0.15, 0.2) is 0 Å². The van der Waals surface area contributed by atoms with Crippen molar-refractivity contribution in [2.75, 3.05) is 13.1 Å². The summed E-state index contributed by atoms with van der Waals surface area (Å²) in [6.07, 6.45) is 0.222. The molecule has 0 bridgehead atoms. The van der Waals surface area contributed by atoms with E-state index in [0.717, 1.165) is 19.3 Å². The lowest BCUT2D eigenvalue weighted by Crippen LogP contribution is -2.30. The lowest BCUT2D eigenvalue weighted by Gasteiger charge is -2.14. The van der Waals surface area contributed by atoms with Crippen molar-refractivity contribution in [3.63, 3.8) is 0 Å². The van der Waals surface area contributed by atoms with Gasteiger partial charge in [0.2, 0.25) is 0 Å². The molecule has 1 aliphatic carbocycles. The zero-order chi connectivity index (χ0) is 8.97. The number of nitrogens with one attached hydrogen (secondary N) is 1. The molecule has 12 heavy (non-hydrogen) atoms. The summed E-state index contributed by atoms with van der Waals surface area (Å²) in [7, 11) is 0. The van der Waals surface area contributed by atoms with E-state index in [2.05, 4.69) is 5.32 Å². The second-order valence-corrected chi connectivity index (χ2v) is 3.31. The molecular weight excluding hydrogens is 164 g/mol. The molecule has 0 aromatic heterocycles. The molecule has 2 nitrogen and oxygen atoms in total. The largest absolute Gasteiger partial charge is 0.393 e. The van der Waals surface area contributed by atoms with E-state index in [1.807, 2.05) is 0 Å². The summed E-state index contributed by atoms with van der Waals surface area (Å²) in [4.78, 5) is 0. The fraction of sp³-hybridized carbons (Fsp3) is 1.00. The van der Waals surface area contributed by atoms with Gasteiger partial charge in [-0.25, -0.2) is 8.78 Å². The molecule has 0 spiro atoms. The van der Waals surface area contributed by atoms with Crippen LogP contribution in [-0.2, 0) is 0 Å². The van der Waals surface area contributed by atoms with Crippen molar-refractivity contribution in [1.82, 2.24) is 5.32 Å². The first-order valence-electron chi connectivity index (χ1n) is 4.37. The molecule has 1 rings (SSSR count). The molecule has 0 amide bonds. The van der Waals surface area contributed by atoms with Crippen LogP contribution < -0.4 is 5.32 Å². The summed E-state index contributed by atoms with van der Waals surface area (Å²) in [5, 5.41) is 12.0. The first kappa shape index (κ1) is 9.86. The van der Waals surface area contributed by atoms with Crippen molar-refractivity contribution in [2.45, 2.75) is 31.8 Å². The zero-order valence-corrected chi connectivity index (χ0v) is 6.97. The SMILES string of the molecule is OC1CCCC1CNCC(F)F. The Bertz CT molecular complexity index is 132. The van der Waals surface area contributed by atoms with Crippen molar-refractivity contribution in [1.29, 1.82) is 0 Å². The third-order valence-corrected chi connectivity index (χ3v) is 2.32. The quantitative estimate of drug-likeness (QED) is 0.674. The van der Waals surface area contributed by atoms with Gasteiger partial charge in [0.05, 0.1) is 12.6 Å². The van der Waals surface area contributed by atoms with Crippen molar-refractivity contribution in [2.24, 2.45) is 5.92 Å². The molecule has 2 N–H and O–H groups in total. The lowest BCUT2D eigenvalue weighted by atomic mass is 10.1. The second-order valence-electron chi connectivity index (χ2n) is 3.31. The first-order valence-corrected chi connectivity index (χ1v) is 4.37. The van der Waals surface area contributed by atoms with E-state index in [0.29, 0.717) is 6.54 Å². The van der Waals surface area contributed by atoms with Crippen LogP contribution in [0.3, 0.4) is 0 Å². The Labute approximate surface area is 71.0 Å². The number of alkyl halides is 2. The minimum Gasteiger partial charge on any atom is -0.393 e. The van der Waals surface area contributed by atoms with E-state index in [1.54, 1.807) is 0 Å². The number of hydrogen-bond donors (Lipinski definition) is 2. The van der Waals surface area contributed by atoms with E-state index < -0.39 is 6.43 Å². The van der Waals surface area contributed by atoms with Crippen LogP contribution in [0.5, 0.6) is 0 Å². The Balaban J connectivity index is 2.06. The van der Waals surface area contributed by atoms with E-state index in [9.17, 15) is 13.9 Å².